The van der Waals surface area contributed by atoms with Crippen LogP contribution in [0.25, 0.3) is 28.0 Å². The first kappa shape index (κ1) is 29.7. The van der Waals surface area contributed by atoms with Crippen molar-refractivity contribution in [1.29, 1.82) is 0 Å². The second-order valence-corrected chi connectivity index (χ2v) is 12.1. The van der Waals surface area contributed by atoms with Crippen molar-refractivity contribution in [1.82, 2.24) is 19.4 Å². The molecule has 0 radical (unpaired) electrons. The van der Waals surface area contributed by atoms with Crippen molar-refractivity contribution >= 4 is 28.7 Å². The number of halogens is 2. The zero-order valence-electron chi connectivity index (χ0n) is 24.7. The molecule has 0 bridgehead atoms. The first-order valence-electron chi connectivity index (χ1n) is 14.5. The fourth-order valence-electron chi connectivity index (χ4n) is 5.66. The van der Waals surface area contributed by atoms with Gasteiger partial charge in [0.25, 0.3) is 0 Å². The Morgan fingerprint density at radius 3 is 2.26 bits per heavy atom. The number of pyridine rings is 1. The first-order chi connectivity index (χ1) is 20.0. The third kappa shape index (κ3) is 5.77. The number of carbonyl (C=O) groups excluding carboxylic acids is 1. The smallest absolute Gasteiger partial charge is 0.410 e. The van der Waals surface area contributed by atoms with Crippen LogP contribution in [-0.2, 0) is 17.6 Å². The predicted octanol–water partition coefficient (Wildman–Crippen LogP) is 7.48. The third-order valence-corrected chi connectivity index (χ3v) is 7.99. The number of piperidine rings is 1. The van der Waals surface area contributed by atoms with E-state index in [0.29, 0.717) is 55.5 Å². The number of nitrogens with zero attached hydrogens (tertiary/aromatic N) is 4. The zero-order chi connectivity index (χ0) is 30.2. The standard InChI is InChI=1S/C33H36ClFN4O3/c1-6-20-11-10-12-21(7-2)29(20)39-30-24(19-25(34)28(36-30)23-13-8-9-14-26(23)35)27(37-31(39)40)22-15-17-38(18-16-22)32(41)42-33(3,4)5/h8-14,19,22H,6-7,15-18H2,1-5H3. The Balaban J connectivity index is 1.69. The maximum atomic E-state index is 14.9. The number of amides is 1. The summed E-state index contributed by atoms with van der Waals surface area (Å²) < 4.78 is 22.1. The molecule has 220 valence electrons. The van der Waals surface area contributed by atoms with Crippen LogP contribution >= 0.6 is 11.6 Å². The molecule has 9 heteroatoms. The van der Waals surface area contributed by atoms with Gasteiger partial charge in [-0.1, -0.05) is 55.8 Å². The van der Waals surface area contributed by atoms with Crippen LogP contribution in [0.15, 0.2) is 53.3 Å². The van der Waals surface area contributed by atoms with Crippen LogP contribution in [0.1, 0.15) is 70.2 Å². The molecular weight excluding hydrogens is 555 g/mol. The molecule has 0 atom stereocenters. The number of rotatable bonds is 5. The average Bonchev–Trinajstić information content (AvgIpc) is 2.96. The van der Waals surface area contributed by atoms with E-state index in [-0.39, 0.29) is 28.3 Å². The Kier molecular flexibility index (Phi) is 8.37. The highest BCUT2D eigenvalue weighted by Crippen LogP contribution is 2.37. The van der Waals surface area contributed by atoms with Gasteiger partial charge in [-0.3, -0.25) is 0 Å². The summed E-state index contributed by atoms with van der Waals surface area (Å²) in [5, 5.41) is 0.912. The van der Waals surface area contributed by atoms with Gasteiger partial charge in [-0.2, -0.15) is 4.98 Å². The molecule has 0 saturated carbocycles. The number of carbonyl (C=O) groups is 1. The summed E-state index contributed by atoms with van der Waals surface area (Å²) in [7, 11) is 0. The predicted molar refractivity (Wildman–Crippen MR) is 164 cm³/mol. The number of para-hydroxylation sites is 1. The first-order valence-corrected chi connectivity index (χ1v) is 14.9. The Morgan fingerprint density at radius 1 is 1.02 bits per heavy atom. The van der Waals surface area contributed by atoms with Crippen LogP contribution in [0.5, 0.6) is 0 Å². The molecule has 1 saturated heterocycles. The molecule has 1 aliphatic rings. The minimum absolute atomic E-state index is 0.0993. The maximum absolute atomic E-state index is 14.9. The van der Waals surface area contributed by atoms with Crippen molar-refractivity contribution < 1.29 is 13.9 Å². The minimum atomic E-state index is -0.583. The van der Waals surface area contributed by atoms with E-state index >= 15 is 0 Å². The molecule has 7 nitrogen and oxygen atoms in total. The third-order valence-electron chi connectivity index (χ3n) is 7.70. The monoisotopic (exact) mass is 590 g/mol. The van der Waals surface area contributed by atoms with E-state index in [4.69, 9.17) is 21.3 Å². The summed E-state index contributed by atoms with van der Waals surface area (Å²) in [5.41, 5.74) is 3.20. The average molecular weight is 591 g/mol. The van der Waals surface area contributed by atoms with Crippen LogP contribution in [0.2, 0.25) is 5.02 Å². The van der Waals surface area contributed by atoms with Gasteiger partial charge in [0.1, 0.15) is 11.4 Å². The molecule has 2 aromatic carbocycles. The van der Waals surface area contributed by atoms with Crippen molar-refractivity contribution in [2.75, 3.05) is 13.1 Å². The number of aromatic nitrogens is 3. The highest BCUT2D eigenvalue weighted by molar-refractivity contribution is 6.33. The molecule has 0 spiro atoms. The van der Waals surface area contributed by atoms with Crippen LogP contribution in [0.3, 0.4) is 0 Å². The van der Waals surface area contributed by atoms with E-state index in [1.807, 2.05) is 52.8 Å². The van der Waals surface area contributed by atoms with Crippen molar-refractivity contribution in [3.63, 3.8) is 0 Å². The second kappa shape index (κ2) is 11.8. The molecule has 1 aliphatic heterocycles. The van der Waals surface area contributed by atoms with Gasteiger partial charge in [0, 0.05) is 30.0 Å². The normalized spacial score (nSPS) is 14.4. The molecule has 42 heavy (non-hydrogen) atoms. The lowest BCUT2D eigenvalue weighted by atomic mass is 9.91. The molecule has 0 N–H and O–H groups in total. The SMILES string of the molecule is CCc1cccc(CC)c1-n1c(=O)nc(C2CCN(C(=O)OC(C)(C)C)CC2)c2cc(Cl)c(-c3ccccc3F)nc21. The molecule has 3 heterocycles. The topological polar surface area (TPSA) is 77.3 Å². The van der Waals surface area contributed by atoms with Crippen LogP contribution in [-0.4, -0.2) is 44.2 Å². The summed E-state index contributed by atoms with van der Waals surface area (Å²) >= 11 is 6.79. The van der Waals surface area contributed by atoms with Gasteiger partial charge in [0.15, 0.2) is 5.65 Å². The minimum Gasteiger partial charge on any atom is -0.444 e. The Bertz CT molecular complexity index is 1680. The Hall–Kier alpha value is -3.78. The largest absolute Gasteiger partial charge is 0.444 e. The number of aryl methyl sites for hydroxylation is 2. The van der Waals surface area contributed by atoms with E-state index in [9.17, 15) is 14.0 Å². The number of benzene rings is 2. The Morgan fingerprint density at radius 2 is 1.67 bits per heavy atom. The molecule has 4 aromatic rings. The molecule has 1 fully saturated rings. The van der Waals surface area contributed by atoms with Gasteiger partial charge in [0.2, 0.25) is 0 Å². The quantitative estimate of drug-likeness (QED) is 0.241. The zero-order valence-corrected chi connectivity index (χ0v) is 25.5. The molecule has 1 amide bonds. The summed E-state index contributed by atoms with van der Waals surface area (Å²) in [6.45, 7) is 10.6. The van der Waals surface area contributed by atoms with Gasteiger partial charge >= 0.3 is 11.8 Å². The highest BCUT2D eigenvalue weighted by Gasteiger charge is 2.31. The lowest BCUT2D eigenvalue weighted by molar-refractivity contribution is 0.0204. The van der Waals surface area contributed by atoms with E-state index in [1.54, 1.807) is 33.7 Å². The van der Waals surface area contributed by atoms with Crippen LogP contribution in [0, 0.1) is 5.82 Å². The summed E-state index contributed by atoms with van der Waals surface area (Å²) in [5.74, 6) is -0.551. The number of fused-ring (bicyclic) bond motifs is 1. The Labute approximate surface area is 250 Å². The van der Waals surface area contributed by atoms with Crippen molar-refractivity contribution in [3.8, 4) is 16.9 Å². The van der Waals surface area contributed by atoms with E-state index in [1.165, 1.54) is 6.07 Å². The number of hydrogen-bond donors (Lipinski definition) is 0. The van der Waals surface area contributed by atoms with Crippen molar-refractivity contribution in [2.24, 2.45) is 0 Å². The van der Waals surface area contributed by atoms with Gasteiger partial charge in [0.05, 0.1) is 22.1 Å². The summed E-state index contributed by atoms with van der Waals surface area (Å²) in [6, 6.07) is 14.1. The van der Waals surface area contributed by atoms with Crippen molar-refractivity contribution in [3.05, 3.63) is 86.7 Å². The fraction of sp³-hybridized carbons (Fsp3) is 0.394. The summed E-state index contributed by atoms with van der Waals surface area (Å²) in [6.07, 6.45) is 2.26. The summed E-state index contributed by atoms with van der Waals surface area (Å²) in [4.78, 5) is 37.9. The molecule has 0 aliphatic carbocycles. The number of likely N-dealkylation sites (tertiary alicyclic amines) is 1. The van der Waals surface area contributed by atoms with Gasteiger partial charge in [-0.05, 0) is 75.8 Å². The van der Waals surface area contributed by atoms with Gasteiger partial charge < -0.3 is 9.64 Å². The number of ether oxygens (including phenoxy) is 1. The molecule has 0 unspecified atom stereocenters. The lowest BCUT2D eigenvalue weighted by Crippen LogP contribution is -2.41. The van der Waals surface area contributed by atoms with Gasteiger partial charge in [-0.15, -0.1) is 0 Å². The van der Waals surface area contributed by atoms with Crippen LogP contribution in [0.4, 0.5) is 9.18 Å². The fourth-order valence-corrected chi connectivity index (χ4v) is 5.91. The van der Waals surface area contributed by atoms with Crippen LogP contribution < -0.4 is 5.69 Å². The van der Waals surface area contributed by atoms with E-state index in [2.05, 4.69) is 4.98 Å². The van der Waals surface area contributed by atoms with Gasteiger partial charge in [-0.25, -0.2) is 23.5 Å². The maximum Gasteiger partial charge on any atom is 0.410 e. The van der Waals surface area contributed by atoms with E-state index < -0.39 is 17.1 Å². The molecular formula is C33H36ClFN4O3. The molecule has 2 aromatic heterocycles. The lowest BCUT2D eigenvalue weighted by Gasteiger charge is -2.33. The number of hydrogen-bond acceptors (Lipinski definition) is 5. The van der Waals surface area contributed by atoms with E-state index in [0.717, 1.165) is 16.8 Å². The second-order valence-electron chi connectivity index (χ2n) is 11.7. The highest BCUT2D eigenvalue weighted by atomic mass is 35.5. The molecule has 5 rings (SSSR count). The van der Waals surface area contributed by atoms with Crippen molar-refractivity contribution in [2.45, 2.75) is 71.8 Å².